The van der Waals surface area contributed by atoms with Gasteiger partial charge >= 0.3 is 0 Å². The molecule has 2 aliphatic rings. The van der Waals surface area contributed by atoms with E-state index in [0.717, 1.165) is 75.7 Å². The smallest absolute Gasteiger partial charge is 0.129 e. The average Bonchev–Trinajstić information content (AvgIpc) is 3.69. The van der Waals surface area contributed by atoms with Crippen LogP contribution in [-0.2, 0) is 0 Å². The van der Waals surface area contributed by atoms with Crippen molar-refractivity contribution in [1.82, 2.24) is 30.6 Å². The van der Waals surface area contributed by atoms with Crippen molar-refractivity contribution in [3.05, 3.63) is 72.3 Å². The van der Waals surface area contributed by atoms with Crippen LogP contribution in [0.1, 0.15) is 56.3 Å². The van der Waals surface area contributed by atoms with Crippen molar-refractivity contribution in [2.24, 2.45) is 0 Å². The molecule has 2 fully saturated rings. The zero-order valence-electron chi connectivity index (χ0n) is 20.3. The third-order valence-electron chi connectivity index (χ3n) is 7.47. The van der Waals surface area contributed by atoms with E-state index in [2.05, 4.69) is 57.9 Å². The van der Waals surface area contributed by atoms with Crippen LogP contribution in [0.25, 0.3) is 33.2 Å². The molecular weight excluding hydrogens is 448 g/mol. The molecule has 36 heavy (non-hydrogen) atoms. The van der Waals surface area contributed by atoms with E-state index in [0.29, 0.717) is 18.1 Å². The maximum Gasteiger partial charge on any atom is 0.129 e. The molecule has 0 bridgehead atoms. The molecule has 0 amide bonds. The van der Waals surface area contributed by atoms with Crippen molar-refractivity contribution in [3.63, 3.8) is 0 Å². The summed E-state index contributed by atoms with van der Waals surface area (Å²) in [6.07, 6.45) is 4.62. The lowest BCUT2D eigenvalue weighted by Gasteiger charge is -2.08. The summed E-state index contributed by atoms with van der Waals surface area (Å²) in [5, 5.41) is 7.12. The van der Waals surface area contributed by atoms with Crippen LogP contribution in [0, 0.1) is 0 Å². The Labute approximate surface area is 209 Å². The van der Waals surface area contributed by atoms with Gasteiger partial charge in [0.25, 0.3) is 0 Å². The van der Waals surface area contributed by atoms with Gasteiger partial charge in [0, 0.05) is 12.1 Å². The largest absolute Gasteiger partial charge is 0.457 e. The van der Waals surface area contributed by atoms with Crippen LogP contribution in [0.5, 0.6) is 11.5 Å². The molecule has 7 nitrogen and oxygen atoms in total. The number of hydrogen-bond donors (Lipinski definition) is 4. The lowest BCUT2D eigenvalue weighted by atomic mass is 10.0. The van der Waals surface area contributed by atoms with Gasteiger partial charge in [-0.1, -0.05) is 18.2 Å². The highest BCUT2D eigenvalue weighted by atomic mass is 16.5. The van der Waals surface area contributed by atoms with Crippen LogP contribution >= 0.6 is 0 Å². The molecule has 0 saturated carbocycles. The Hall–Kier alpha value is -3.68. The number of aromatic nitrogens is 4. The summed E-state index contributed by atoms with van der Waals surface area (Å²) in [4.78, 5) is 16.6. The van der Waals surface area contributed by atoms with Crippen molar-refractivity contribution in [2.75, 3.05) is 6.54 Å². The SMILES string of the molecule is C[C@@H]1CCC(c2nc3ccc(Oc4cccc(-c5ccc6nc(C7CCCN7)[nH]c6c5)c4)cc3[nH]2)N1. The van der Waals surface area contributed by atoms with Crippen LogP contribution in [0.2, 0.25) is 0 Å². The van der Waals surface area contributed by atoms with Crippen molar-refractivity contribution < 1.29 is 4.74 Å². The molecule has 2 aliphatic heterocycles. The topological polar surface area (TPSA) is 90.7 Å². The highest BCUT2D eigenvalue weighted by Gasteiger charge is 2.24. The summed E-state index contributed by atoms with van der Waals surface area (Å²) in [5.41, 5.74) is 6.27. The van der Waals surface area contributed by atoms with E-state index in [1.54, 1.807) is 0 Å². The Bertz CT molecular complexity index is 1550. The van der Waals surface area contributed by atoms with Crippen LogP contribution in [0.3, 0.4) is 0 Å². The third-order valence-corrected chi connectivity index (χ3v) is 7.47. The normalized spacial score (nSPS) is 22.1. The average molecular weight is 479 g/mol. The second-order valence-corrected chi connectivity index (χ2v) is 10.1. The maximum atomic E-state index is 6.27. The van der Waals surface area contributed by atoms with Gasteiger partial charge in [-0.15, -0.1) is 0 Å². The van der Waals surface area contributed by atoms with Gasteiger partial charge in [-0.3, -0.25) is 0 Å². The molecule has 5 aromatic rings. The van der Waals surface area contributed by atoms with Gasteiger partial charge in [-0.25, -0.2) is 9.97 Å². The number of fused-ring (bicyclic) bond motifs is 2. The van der Waals surface area contributed by atoms with E-state index in [1.807, 2.05) is 30.3 Å². The molecule has 0 aliphatic carbocycles. The van der Waals surface area contributed by atoms with Crippen LogP contribution in [0.15, 0.2) is 60.7 Å². The molecular formula is C29H30N6O. The Kier molecular flexibility index (Phi) is 5.26. The third kappa shape index (κ3) is 4.04. The number of imidazole rings is 2. The van der Waals surface area contributed by atoms with Gasteiger partial charge < -0.3 is 25.3 Å². The zero-order chi connectivity index (χ0) is 24.1. The Morgan fingerprint density at radius 1 is 0.750 bits per heavy atom. The summed E-state index contributed by atoms with van der Waals surface area (Å²) < 4.78 is 6.27. The molecule has 2 aromatic heterocycles. The lowest BCUT2D eigenvalue weighted by Crippen LogP contribution is -2.21. The molecule has 182 valence electrons. The second kappa shape index (κ2) is 8.76. The minimum Gasteiger partial charge on any atom is -0.457 e. The van der Waals surface area contributed by atoms with Crippen molar-refractivity contribution >= 4 is 22.1 Å². The number of aromatic amines is 2. The van der Waals surface area contributed by atoms with Gasteiger partial charge in [0.05, 0.1) is 34.2 Å². The fourth-order valence-corrected chi connectivity index (χ4v) is 5.55. The monoisotopic (exact) mass is 478 g/mol. The van der Waals surface area contributed by atoms with Crippen LogP contribution in [0.4, 0.5) is 0 Å². The zero-order valence-corrected chi connectivity index (χ0v) is 20.3. The van der Waals surface area contributed by atoms with E-state index in [-0.39, 0.29) is 0 Å². The molecule has 4 heterocycles. The fourth-order valence-electron chi connectivity index (χ4n) is 5.55. The van der Waals surface area contributed by atoms with E-state index < -0.39 is 0 Å². The quantitative estimate of drug-likeness (QED) is 0.244. The maximum absolute atomic E-state index is 6.27. The Morgan fingerprint density at radius 3 is 2.28 bits per heavy atom. The van der Waals surface area contributed by atoms with E-state index >= 15 is 0 Å². The first-order valence-electron chi connectivity index (χ1n) is 12.9. The van der Waals surface area contributed by atoms with E-state index in [9.17, 15) is 0 Å². The van der Waals surface area contributed by atoms with Crippen LogP contribution < -0.4 is 15.4 Å². The lowest BCUT2D eigenvalue weighted by molar-refractivity contribution is 0.483. The van der Waals surface area contributed by atoms with Gasteiger partial charge in [0.15, 0.2) is 0 Å². The van der Waals surface area contributed by atoms with Crippen molar-refractivity contribution in [3.8, 4) is 22.6 Å². The summed E-state index contributed by atoms with van der Waals surface area (Å²) in [6, 6.07) is 21.8. The molecule has 3 aromatic carbocycles. The number of benzene rings is 3. The highest BCUT2D eigenvalue weighted by Crippen LogP contribution is 2.32. The van der Waals surface area contributed by atoms with Gasteiger partial charge in [0.1, 0.15) is 23.1 Å². The van der Waals surface area contributed by atoms with Gasteiger partial charge in [-0.05, 0) is 86.7 Å². The molecule has 0 radical (unpaired) electrons. The molecule has 0 spiro atoms. The van der Waals surface area contributed by atoms with Crippen molar-refractivity contribution in [2.45, 2.75) is 50.7 Å². The van der Waals surface area contributed by atoms with Crippen LogP contribution in [-0.4, -0.2) is 32.5 Å². The molecule has 4 N–H and O–H groups in total. The summed E-state index contributed by atoms with van der Waals surface area (Å²) in [7, 11) is 0. The summed E-state index contributed by atoms with van der Waals surface area (Å²) >= 11 is 0. The number of rotatable bonds is 5. The molecule has 2 unspecified atom stereocenters. The highest BCUT2D eigenvalue weighted by molar-refractivity contribution is 5.82. The predicted molar refractivity (Wildman–Crippen MR) is 142 cm³/mol. The summed E-state index contributed by atoms with van der Waals surface area (Å²) in [5.74, 6) is 3.64. The molecule has 7 heteroatoms. The van der Waals surface area contributed by atoms with E-state index in [4.69, 9.17) is 14.7 Å². The minimum atomic E-state index is 0.297. The first-order chi connectivity index (χ1) is 17.7. The van der Waals surface area contributed by atoms with E-state index in [1.165, 1.54) is 12.8 Å². The fraction of sp³-hybridized carbons (Fsp3) is 0.310. The first kappa shape index (κ1) is 21.6. The minimum absolute atomic E-state index is 0.297. The number of nitrogens with one attached hydrogen (secondary N) is 4. The summed E-state index contributed by atoms with van der Waals surface area (Å²) in [6.45, 7) is 3.28. The number of hydrogen-bond acceptors (Lipinski definition) is 5. The van der Waals surface area contributed by atoms with Gasteiger partial charge in [0.2, 0.25) is 0 Å². The predicted octanol–water partition coefficient (Wildman–Crippen LogP) is 6.14. The second-order valence-electron chi connectivity index (χ2n) is 10.1. The number of nitrogens with zero attached hydrogens (tertiary/aromatic N) is 2. The standard InChI is InChI=1S/C29H30N6O/c1-17-7-10-25(31-17)29-33-23-12-9-21(16-27(23)35-29)36-20-5-2-4-18(14-20)19-8-11-22-26(15-19)34-28(32-22)24-6-3-13-30-24/h2,4-5,8-9,11-12,14-17,24-25,30-31H,3,6-7,10,13H2,1H3,(H,32,34)(H,33,35)/t17-,24?,25?/m1/s1. The Balaban J connectivity index is 1.13. The Morgan fingerprint density at radius 2 is 1.50 bits per heavy atom. The number of ether oxygens (including phenoxy) is 1. The first-order valence-corrected chi connectivity index (χ1v) is 12.9. The van der Waals surface area contributed by atoms with Gasteiger partial charge in [-0.2, -0.15) is 0 Å². The molecule has 2 saturated heterocycles. The van der Waals surface area contributed by atoms with Crippen molar-refractivity contribution in [1.29, 1.82) is 0 Å². The number of H-pyrrole nitrogens is 2. The molecule has 7 rings (SSSR count). The molecule has 3 atom stereocenters.